The zero-order valence-corrected chi connectivity index (χ0v) is 20.9. The minimum atomic E-state index is -0.314. The highest BCUT2D eigenvalue weighted by atomic mass is 79.9. The van der Waals surface area contributed by atoms with Crippen LogP contribution in [0.3, 0.4) is 0 Å². The normalized spacial score (nSPS) is 12.7. The van der Waals surface area contributed by atoms with Gasteiger partial charge in [-0.25, -0.2) is 4.99 Å². The van der Waals surface area contributed by atoms with Crippen molar-refractivity contribution in [3.63, 3.8) is 0 Å². The molecule has 0 saturated heterocycles. The molecule has 168 valence electrons. The number of fused-ring (bicyclic) bond motifs is 1. The summed E-state index contributed by atoms with van der Waals surface area (Å²) in [4.78, 5) is 29.3. The van der Waals surface area contributed by atoms with Crippen LogP contribution in [0.4, 0.5) is 17.1 Å². The zero-order chi connectivity index (χ0) is 23.3. The number of anilines is 2. The predicted molar refractivity (Wildman–Crippen MR) is 136 cm³/mol. The van der Waals surface area contributed by atoms with Crippen LogP contribution in [0.5, 0.6) is 0 Å². The van der Waals surface area contributed by atoms with Gasteiger partial charge in [-0.1, -0.05) is 27.7 Å². The topological polar surface area (TPSA) is 79.8 Å². The number of halogens is 1. The number of hydrogen-bond acceptors (Lipinski definition) is 6. The van der Waals surface area contributed by atoms with Crippen molar-refractivity contribution in [2.24, 2.45) is 4.99 Å². The molecule has 2 aromatic rings. The SMILES string of the molecule is CCOC(=O)CC1=CC(SCC(=O)Nc2ccc(Br)c(C)c2)=Nc2cc(C)c(C)cc2N1. The van der Waals surface area contributed by atoms with Crippen molar-refractivity contribution >= 4 is 61.7 Å². The fraction of sp³-hybridized carbons (Fsp3) is 0.292. The molecule has 6 nitrogen and oxygen atoms in total. The van der Waals surface area contributed by atoms with Crippen LogP contribution >= 0.6 is 27.7 Å². The Bertz CT molecular complexity index is 1110. The van der Waals surface area contributed by atoms with E-state index in [0.29, 0.717) is 17.3 Å². The van der Waals surface area contributed by atoms with Gasteiger partial charge in [0.15, 0.2) is 0 Å². The molecule has 0 radical (unpaired) electrons. The summed E-state index contributed by atoms with van der Waals surface area (Å²) in [5.74, 6) is -0.249. The number of carbonyl (C=O) groups excluding carboxylic acids is 2. The molecule has 1 amide bonds. The number of rotatable bonds is 6. The van der Waals surface area contributed by atoms with Gasteiger partial charge in [0.1, 0.15) is 0 Å². The molecule has 0 unspecified atom stereocenters. The molecule has 0 atom stereocenters. The highest BCUT2D eigenvalue weighted by Crippen LogP contribution is 2.34. The Balaban J connectivity index is 1.78. The van der Waals surface area contributed by atoms with Crippen molar-refractivity contribution in [2.75, 3.05) is 23.0 Å². The molecule has 0 bridgehead atoms. The first-order valence-corrected chi connectivity index (χ1v) is 12.0. The number of hydrogen-bond donors (Lipinski definition) is 2. The summed E-state index contributed by atoms with van der Waals surface area (Å²) in [6.07, 6.45) is 1.91. The third-order valence-electron chi connectivity index (χ3n) is 4.87. The summed E-state index contributed by atoms with van der Waals surface area (Å²) in [7, 11) is 0. The molecule has 0 spiro atoms. The standard InChI is InChI=1S/C24H26BrN3O3S/c1-5-31-24(30)12-18-11-23(28-21-10-15(3)14(2)9-20(21)26-18)32-13-22(29)27-17-6-7-19(25)16(4)8-17/h6-11,26H,5,12-13H2,1-4H3,(H,27,29). The number of carbonyl (C=O) groups is 2. The lowest BCUT2D eigenvalue weighted by Gasteiger charge is -2.12. The molecule has 0 fully saturated rings. The molecule has 0 saturated carbocycles. The summed E-state index contributed by atoms with van der Waals surface area (Å²) in [6, 6.07) is 9.70. The number of amides is 1. The van der Waals surface area contributed by atoms with Crippen LogP contribution in [0.15, 0.2) is 51.6 Å². The number of thioether (sulfide) groups is 1. The van der Waals surface area contributed by atoms with E-state index in [9.17, 15) is 9.59 Å². The van der Waals surface area contributed by atoms with E-state index in [-0.39, 0.29) is 24.1 Å². The van der Waals surface area contributed by atoms with Gasteiger partial charge in [0.25, 0.3) is 0 Å². The predicted octanol–water partition coefficient (Wildman–Crippen LogP) is 6.04. The molecular weight excluding hydrogens is 490 g/mol. The first kappa shape index (κ1) is 24.1. The zero-order valence-electron chi connectivity index (χ0n) is 18.5. The Morgan fingerprint density at radius 2 is 1.88 bits per heavy atom. The monoisotopic (exact) mass is 515 g/mol. The Labute approximate surface area is 201 Å². The van der Waals surface area contributed by atoms with Gasteiger partial charge >= 0.3 is 5.97 Å². The highest BCUT2D eigenvalue weighted by molar-refractivity contribution is 9.10. The third kappa shape index (κ3) is 6.46. The minimum absolute atomic E-state index is 0.101. The van der Waals surface area contributed by atoms with E-state index in [1.165, 1.54) is 11.8 Å². The number of nitrogens with one attached hydrogen (secondary N) is 2. The number of aliphatic imine (C=N–C) groups is 1. The van der Waals surface area contributed by atoms with Crippen LogP contribution in [0, 0.1) is 20.8 Å². The average Bonchev–Trinajstić information content (AvgIpc) is 2.88. The second-order valence-electron chi connectivity index (χ2n) is 7.48. The molecule has 1 heterocycles. The van der Waals surface area contributed by atoms with Gasteiger partial charge in [0.2, 0.25) is 5.91 Å². The lowest BCUT2D eigenvalue weighted by atomic mass is 10.1. The molecular formula is C24H26BrN3O3S. The first-order valence-electron chi connectivity index (χ1n) is 10.3. The quantitative estimate of drug-likeness (QED) is 0.458. The summed E-state index contributed by atoms with van der Waals surface area (Å²) in [6.45, 7) is 8.14. The Morgan fingerprint density at radius 3 is 2.59 bits per heavy atom. The van der Waals surface area contributed by atoms with E-state index in [4.69, 9.17) is 9.73 Å². The van der Waals surface area contributed by atoms with Gasteiger partial charge in [0.05, 0.1) is 35.2 Å². The summed E-state index contributed by atoms with van der Waals surface area (Å²) < 4.78 is 6.09. The molecule has 0 aliphatic carbocycles. The van der Waals surface area contributed by atoms with E-state index < -0.39 is 0 Å². The molecule has 8 heteroatoms. The molecule has 32 heavy (non-hydrogen) atoms. The van der Waals surface area contributed by atoms with Gasteiger partial charge in [-0.05, 0) is 80.8 Å². The molecule has 1 aliphatic rings. The van der Waals surface area contributed by atoms with Crippen molar-refractivity contribution in [2.45, 2.75) is 34.1 Å². The number of aryl methyl sites for hydroxylation is 3. The largest absolute Gasteiger partial charge is 0.466 e. The molecule has 2 aromatic carbocycles. The van der Waals surface area contributed by atoms with E-state index in [1.54, 1.807) is 6.92 Å². The van der Waals surface area contributed by atoms with Crippen molar-refractivity contribution in [1.82, 2.24) is 0 Å². The lowest BCUT2D eigenvalue weighted by molar-refractivity contribution is -0.142. The van der Waals surface area contributed by atoms with Gasteiger partial charge in [-0.3, -0.25) is 9.59 Å². The number of ether oxygens (including phenoxy) is 1. The highest BCUT2D eigenvalue weighted by Gasteiger charge is 2.17. The second-order valence-corrected chi connectivity index (χ2v) is 9.33. The first-order chi connectivity index (χ1) is 15.2. The van der Waals surface area contributed by atoms with E-state index in [1.807, 2.05) is 57.2 Å². The maximum absolute atomic E-state index is 12.5. The molecule has 0 aromatic heterocycles. The number of nitrogens with zero attached hydrogens (tertiary/aromatic N) is 1. The Hall–Kier alpha value is -2.58. The Kier molecular flexibility index (Phi) is 8.15. The van der Waals surface area contributed by atoms with Gasteiger partial charge < -0.3 is 15.4 Å². The van der Waals surface area contributed by atoms with Gasteiger partial charge in [-0.15, -0.1) is 0 Å². The molecule has 1 aliphatic heterocycles. The van der Waals surface area contributed by atoms with Gasteiger partial charge in [-0.2, -0.15) is 0 Å². The van der Waals surface area contributed by atoms with Crippen molar-refractivity contribution < 1.29 is 14.3 Å². The van der Waals surface area contributed by atoms with E-state index >= 15 is 0 Å². The fourth-order valence-electron chi connectivity index (χ4n) is 3.10. The smallest absolute Gasteiger partial charge is 0.311 e. The van der Waals surface area contributed by atoms with Crippen LogP contribution < -0.4 is 10.6 Å². The van der Waals surface area contributed by atoms with Gasteiger partial charge in [0, 0.05) is 15.9 Å². The minimum Gasteiger partial charge on any atom is -0.466 e. The van der Waals surface area contributed by atoms with Crippen LogP contribution in [-0.2, 0) is 14.3 Å². The number of esters is 1. The van der Waals surface area contributed by atoms with Crippen LogP contribution in [0.1, 0.15) is 30.0 Å². The third-order valence-corrected chi connectivity index (χ3v) is 6.67. The average molecular weight is 516 g/mol. The van der Waals surface area contributed by atoms with E-state index in [2.05, 4.69) is 26.6 Å². The summed E-state index contributed by atoms with van der Waals surface area (Å²) >= 11 is 4.79. The van der Waals surface area contributed by atoms with E-state index in [0.717, 1.165) is 38.2 Å². The maximum atomic E-state index is 12.5. The van der Waals surface area contributed by atoms with Crippen molar-refractivity contribution in [3.8, 4) is 0 Å². The number of benzene rings is 2. The van der Waals surface area contributed by atoms with Crippen LogP contribution in [0.2, 0.25) is 0 Å². The fourth-order valence-corrected chi connectivity index (χ4v) is 4.08. The molecule has 3 rings (SSSR count). The van der Waals surface area contributed by atoms with Crippen molar-refractivity contribution in [1.29, 1.82) is 0 Å². The Morgan fingerprint density at radius 1 is 1.12 bits per heavy atom. The summed E-state index contributed by atoms with van der Waals surface area (Å²) in [5.41, 5.74) is 6.32. The lowest BCUT2D eigenvalue weighted by Crippen LogP contribution is -2.15. The summed E-state index contributed by atoms with van der Waals surface area (Å²) in [5, 5.41) is 6.88. The molecule has 2 N–H and O–H groups in total. The van der Waals surface area contributed by atoms with Crippen LogP contribution in [0.25, 0.3) is 0 Å². The van der Waals surface area contributed by atoms with Crippen molar-refractivity contribution in [3.05, 3.63) is 63.3 Å². The van der Waals surface area contributed by atoms with Crippen LogP contribution in [-0.4, -0.2) is 29.3 Å². The second kappa shape index (κ2) is 10.8. The maximum Gasteiger partial charge on any atom is 0.311 e.